The van der Waals surface area contributed by atoms with Gasteiger partial charge in [-0.15, -0.1) is 16.8 Å². The summed E-state index contributed by atoms with van der Waals surface area (Å²) in [5.74, 6) is 1.94. The van der Waals surface area contributed by atoms with E-state index >= 15 is 0 Å². The fraction of sp³-hybridized carbons (Fsp3) is 0.421. The lowest BCUT2D eigenvalue weighted by Crippen LogP contribution is -2.27. The molecule has 0 atom stereocenters. The SMILES string of the molecule is C=CCn1c(COc2cccc(C)c2C)nnc1SCC(=O)NC1CC1. The zero-order valence-electron chi connectivity index (χ0n) is 15.2. The molecular weight excluding hydrogens is 348 g/mol. The van der Waals surface area contributed by atoms with Crippen LogP contribution >= 0.6 is 11.8 Å². The molecule has 0 saturated heterocycles. The summed E-state index contributed by atoms with van der Waals surface area (Å²) in [4.78, 5) is 11.9. The summed E-state index contributed by atoms with van der Waals surface area (Å²) in [6.45, 7) is 8.79. The Balaban J connectivity index is 1.64. The van der Waals surface area contributed by atoms with Gasteiger partial charge in [-0.1, -0.05) is 30.0 Å². The summed E-state index contributed by atoms with van der Waals surface area (Å²) in [5.41, 5.74) is 2.31. The molecule has 1 saturated carbocycles. The van der Waals surface area contributed by atoms with E-state index in [9.17, 15) is 4.79 Å². The van der Waals surface area contributed by atoms with Gasteiger partial charge in [0.25, 0.3) is 0 Å². The van der Waals surface area contributed by atoms with Crippen LogP contribution in [0.25, 0.3) is 0 Å². The van der Waals surface area contributed by atoms with Gasteiger partial charge < -0.3 is 10.1 Å². The highest BCUT2D eigenvalue weighted by molar-refractivity contribution is 7.99. The summed E-state index contributed by atoms with van der Waals surface area (Å²) in [5, 5.41) is 12.1. The van der Waals surface area contributed by atoms with Gasteiger partial charge in [0.2, 0.25) is 5.91 Å². The quantitative estimate of drug-likeness (QED) is 0.541. The van der Waals surface area contributed by atoms with Crippen molar-refractivity contribution in [3.63, 3.8) is 0 Å². The number of nitrogens with zero attached hydrogens (tertiary/aromatic N) is 3. The Morgan fingerprint density at radius 2 is 2.23 bits per heavy atom. The number of carbonyl (C=O) groups is 1. The molecule has 3 rings (SSSR count). The molecule has 1 heterocycles. The molecule has 1 aromatic heterocycles. The number of hydrogen-bond donors (Lipinski definition) is 1. The molecule has 1 aromatic carbocycles. The van der Waals surface area contributed by atoms with Crippen molar-refractivity contribution in [2.24, 2.45) is 0 Å². The minimum atomic E-state index is 0.0406. The first kappa shape index (κ1) is 18.5. The Bertz CT molecular complexity index is 799. The predicted molar refractivity (Wildman–Crippen MR) is 102 cm³/mol. The van der Waals surface area contributed by atoms with E-state index < -0.39 is 0 Å². The zero-order chi connectivity index (χ0) is 18.5. The standard InChI is InChI=1S/C19H24N4O2S/c1-4-10-23-17(11-25-16-7-5-6-13(2)14(16)3)21-22-19(23)26-12-18(24)20-15-8-9-15/h4-7,15H,1,8-12H2,2-3H3,(H,20,24). The van der Waals surface area contributed by atoms with Crippen LogP contribution in [-0.4, -0.2) is 32.5 Å². The summed E-state index contributed by atoms with van der Waals surface area (Å²) in [7, 11) is 0. The van der Waals surface area contributed by atoms with Crippen LogP contribution in [0, 0.1) is 13.8 Å². The maximum atomic E-state index is 11.9. The fourth-order valence-electron chi connectivity index (χ4n) is 2.49. The van der Waals surface area contributed by atoms with Crippen LogP contribution in [0.3, 0.4) is 0 Å². The van der Waals surface area contributed by atoms with Crippen LogP contribution in [0.4, 0.5) is 0 Å². The van der Waals surface area contributed by atoms with Gasteiger partial charge in [-0.3, -0.25) is 9.36 Å². The van der Waals surface area contributed by atoms with Crippen LogP contribution < -0.4 is 10.1 Å². The first-order valence-electron chi connectivity index (χ1n) is 8.72. The first-order chi connectivity index (χ1) is 12.6. The number of carbonyl (C=O) groups excluding carboxylic acids is 1. The van der Waals surface area contributed by atoms with Crippen LogP contribution in [-0.2, 0) is 17.9 Å². The van der Waals surface area contributed by atoms with E-state index in [1.165, 1.54) is 17.3 Å². The van der Waals surface area contributed by atoms with Crippen molar-refractivity contribution in [3.05, 3.63) is 47.8 Å². The van der Waals surface area contributed by atoms with Gasteiger partial charge in [-0.25, -0.2) is 0 Å². The van der Waals surface area contributed by atoms with Crippen molar-refractivity contribution in [1.82, 2.24) is 20.1 Å². The van der Waals surface area contributed by atoms with E-state index in [1.54, 1.807) is 6.08 Å². The van der Waals surface area contributed by atoms with Crippen LogP contribution in [0.15, 0.2) is 36.0 Å². The fourth-order valence-corrected chi connectivity index (χ4v) is 3.27. The van der Waals surface area contributed by atoms with Gasteiger partial charge >= 0.3 is 0 Å². The van der Waals surface area contributed by atoms with Gasteiger partial charge in [-0.05, 0) is 43.9 Å². The van der Waals surface area contributed by atoms with Crippen molar-refractivity contribution in [2.75, 3.05) is 5.75 Å². The first-order valence-corrected chi connectivity index (χ1v) is 9.71. The van der Waals surface area contributed by atoms with Gasteiger partial charge in [0.1, 0.15) is 12.4 Å². The molecule has 1 aliphatic rings. The van der Waals surface area contributed by atoms with Crippen molar-refractivity contribution in [3.8, 4) is 5.75 Å². The molecule has 2 aromatic rings. The van der Waals surface area contributed by atoms with E-state index in [0.29, 0.717) is 30.1 Å². The molecule has 1 aliphatic carbocycles. The summed E-state index contributed by atoms with van der Waals surface area (Å²) >= 11 is 1.39. The second-order valence-electron chi connectivity index (χ2n) is 6.42. The van der Waals surface area contributed by atoms with Crippen LogP contribution in [0.1, 0.15) is 29.8 Å². The number of ether oxygens (including phenoxy) is 1. The molecule has 26 heavy (non-hydrogen) atoms. The normalized spacial score (nSPS) is 13.5. The van der Waals surface area contributed by atoms with Crippen LogP contribution in [0.2, 0.25) is 0 Å². The third-order valence-electron chi connectivity index (χ3n) is 4.29. The Morgan fingerprint density at radius 1 is 1.42 bits per heavy atom. The monoisotopic (exact) mass is 372 g/mol. The molecule has 0 radical (unpaired) electrons. The Hall–Kier alpha value is -2.28. The summed E-state index contributed by atoms with van der Waals surface area (Å²) < 4.78 is 7.88. The number of aromatic nitrogens is 3. The van der Waals surface area contributed by atoms with Crippen molar-refractivity contribution in [1.29, 1.82) is 0 Å². The Morgan fingerprint density at radius 3 is 2.96 bits per heavy atom. The maximum Gasteiger partial charge on any atom is 0.230 e. The number of rotatable bonds is 9. The second kappa shape index (κ2) is 8.40. The van der Waals surface area contributed by atoms with Crippen molar-refractivity contribution >= 4 is 17.7 Å². The third kappa shape index (κ3) is 4.66. The number of allylic oxidation sites excluding steroid dienone is 1. The van der Waals surface area contributed by atoms with Crippen LogP contribution in [0.5, 0.6) is 5.75 Å². The van der Waals surface area contributed by atoms with E-state index in [4.69, 9.17) is 4.74 Å². The van der Waals surface area contributed by atoms with E-state index in [1.807, 2.05) is 23.6 Å². The average molecular weight is 372 g/mol. The summed E-state index contributed by atoms with van der Waals surface area (Å²) in [6.07, 6.45) is 3.96. The average Bonchev–Trinajstić information content (AvgIpc) is 3.35. The van der Waals surface area contributed by atoms with E-state index in [0.717, 1.165) is 30.0 Å². The van der Waals surface area contributed by atoms with Gasteiger partial charge in [0.05, 0.1) is 5.75 Å². The minimum absolute atomic E-state index is 0.0406. The number of amides is 1. The molecule has 0 bridgehead atoms. The highest BCUT2D eigenvalue weighted by atomic mass is 32.2. The number of thioether (sulfide) groups is 1. The zero-order valence-corrected chi connectivity index (χ0v) is 16.0. The van der Waals surface area contributed by atoms with E-state index in [-0.39, 0.29) is 5.91 Å². The molecule has 1 amide bonds. The highest BCUT2D eigenvalue weighted by Crippen LogP contribution is 2.23. The summed E-state index contributed by atoms with van der Waals surface area (Å²) in [6, 6.07) is 6.36. The predicted octanol–water partition coefficient (Wildman–Crippen LogP) is 3.03. The van der Waals surface area contributed by atoms with Crippen molar-refractivity contribution < 1.29 is 9.53 Å². The second-order valence-corrected chi connectivity index (χ2v) is 7.36. The smallest absolute Gasteiger partial charge is 0.230 e. The van der Waals surface area contributed by atoms with Gasteiger partial charge in [0, 0.05) is 12.6 Å². The maximum absolute atomic E-state index is 11.9. The number of aryl methyl sites for hydroxylation is 1. The Labute approximate surface area is 158 Å². The van der Waals surface area contributed by atoms with Gasteiger partial charge in [0.15, 0.2) is 11.0 Å². The van der Waals surface area contributed by atoms with Gasteiger partial charge in [-0.2, -0.15) is 0 Å². The number of benzene rings is 1. The number of hydrogen-bond acceptors (Lipinski definition) is 5. The molecule has 0 aliphatic heterocycles. The molecule has 138 valence electrons. The molecular formula is C19H24N4O2S. The molecule has 0 unspecified atom stereocenters. The Kier molecular flexibility index (Phi) is 5.98. The molecule has 1 N–H and O–H groups in total. The molecule has 7 heteroatoms. The minimum Gasteiger partial charge on any atom is -0.485 e. The molecule has 1 fully saturated rings. The largest absolute Gasteiger partial charge is 0.485 e. The topological polar surface area (TPSA) is 69.0 Å². The molecule has 6 nitrogen and oxygen atoms in total. The molecule has 0 spiro atoms. The van der Waals surface area contributed by atoms with Crippen molar-refractivity contribution in [2.45, 2.75) is 51.0 Å². The lowest BCUT2D eigenvalue weighted by molar-refractivity contribution is -0.118. The lowest BCUT2D eigenvalue weighted by atomic mass is 10.1. The van der Waals surface area contributed by atoms with E-state index in [2.05, 4.69) is 35.1 Å². The lowest BCUT2D eigenvalue weighted by Gasteiger charge is -2.12. The highest BCUT2D eigenvalue weighted by Gasteiger charge is 2.23. The third-order valence-corrected chi connectivity index (χ3v) is 5.26. The number of nitrogens with one attached hydrogen (secondary N) is 1.